The molecule has 0 heterocycles. The second kappa shape index (κ2) is 6.75. The third kappa shape index (κ3) is 3.71. The van der Waals surface area contributed by atoms with Crippen LogP contribution in [0.15, 0.2) is 29.2 Å². The van der Waals surface area contributed by atoms with Crippen molar-refractivity contribution in [3.05, 3.63) is 24.3 Å². The predicted octanol–water partition coefficient (Wildman–Crippen LogP) is 1.66. The van der Waals surface area contributed by atoms with Crippen LogP contribution < -0.4 is 10.6 Å². The van der Waals surface area contributed by atoms with Crippen LogP contribution in [0.25, 0.3) is 0 Å². The number of anilines is 1. The van der Waals surface area contributed by atoms with Gasteiger partial charge in [0.25, 0.3) is 0 Å². The monoisotopic (exact) mass is 270 g/mol. The van der Waals surface area contributed by atoms with Crippen LogP contribution >= 0.6 is 0 Å². The minimum absolute atomic E-state index is 0.136. The van der Waals surface area contributed by atoms with E-state index < -0.39 is 9.84 Å². The normalized spacial score (nSPS) is 11.5. The molecule has 102 valence electrons. The molecule has 0 atom stereocenters. The van der Waals surface area contributed by atoms with Gasteiger partial charge in [-0.1, -0.05) is 6.92 Å². The fourth-order valence-corrected chi connectivity index (χ4v) is 2.67. The van der Waals surface area contributed by atoms with Gasteiger partial charge in [-0.05, 0) is 44.2 Å². The van der Waals surface area contributed by atoms with E-state index in [9.17, 15) is 8.42 Å². The molecule has 2 N–H and O–H groups in total. The molecule has 0 fully saturated rings. The van der Waals surface area contributed by atoms with Gasteiger partial charge >= 0.3 is 0 Å². The van der Waals surface area contributed by atoms with Crippen molar-refractivity contribution in [2.45, 2.75) is 25.2 Å². The lowest BCUT2D eigenvalue weighted by molar-refractivity contribution is 0.597. The topological polar surface area (TPSA) is 63.4 Å². The Balaban J connectivity index is 2.87. The van der Waals surface area contributed by atoms with E-state index in [-0.39, 0.29) is 5.75 Å². The van der Waals surface area contributed by atoms with Gasteiger partial charge in [0.05, 0.1) is 10.6 Å². The number of sulfone groups is 1. The highest BCUT2D eigenvalue weighted by Crippen LogP contribution is 2.18. The molecule has 0 spiro atoms. The van der Waals surface area contributed by atoms with Crippen LogP contribution in [0.4, 0.5) is 5.69 Å². The van der Waals surface area contributed by atoms with E-state index in [2.05, 4.69) is 11.8 Å². The molecular weight excluding hydrogens is 248 g/mol. The van der Waals surface area contributed by atoms with Crippen molar-refractivity contribution in [1.29, 1.82) is 0 Å². The molecule has 5 heteroatoms. The fraction of sp³-hybridized carbons (Fsp3) is 0.538. The molecule has 0 aliphatic heterocycles. The van der Waals surface area contributed by atoms with Crippen molar-refractivity contribution in [1.82, 2.24) is 0 Å². The summed E-state index contributed by atoms with van der Waals surface area (Å²) in [7, 11) is -3.10. The number of hydrogen-bond acceptors (Lipinski definition) is 4. The second-order valence-electron chi connectivity index (χ2n) is 4.12. The van der Waals surface area contributed by atoms with E-state index in [1.165, 1.54) is 0 Å². The van der Waals surface area contributed by atoms with E-state index in [0.29, 0.717) is 11.4 Å². The summed E-state index contributed by atoms with van der Waals surface area (Å²) in [6.45, 7) is 6.18. The molecule has 0 amide bonds. The summed E-state index contributed by atoms with van der Waals surface area (Å²) in [4.78, 5) is 2.58. The Hall–Kier alpha value is -1.07. The van der Waals surface area contributed by atoms with Gasteiger partial charge in [0.15, 0.2) is 9.84 Å². The molecule has 1 aromatic rings. The summed E-state index contributed by atoms with van der Waals surface area (Å²) < 4.78 is 23.4. The van der Waals surface area contributed by atoms with Crippen LogP contribution in [0, 0.1) is 0 Å². The second-order valence-corrected chi connectivity index (χ2v) is 6.40. The van der Waals surface area contributed by atoms with Crippen molar-refractivity contribution in [3.8, 4) is 0 Å². The average molecular weight is 270 g/mol. The highest BCUT2D eigenvalue weighted by Gasteiger charge is 2.11. The van der Waals surface area contributed by atoms with Gasteiger partial charge in [0.2, 0.25) is 0 Å². The van der Waals surface area contributed by atoms with Crippen LogP contribution in [0.2, 0.25) is 0 Å². The maximum atomic E-state index is 11.7. The zero-order chi connectivity index (χ0) is 13.6. The molecule has 0 aromatic heterocycles. The van der Waals surface area contributed by atoms with Crippen LogP contribution in [0.5, 0.6) is 0 Å². The van der Waals surface area contributed by atoms with Crippen molar-refractivity contribution in [3.63, 3.8) is 0 Å². The summed E-state index contributed by atoms with van der Waals surface area (Å²) >= 11 is 0. The van der Waals surface area contributed by atoms with Gasteiger partial charge in [-0.15, -0.1) is 0 Å². The number of rotatable bonds is 7. The molecule has 0 bridgehead atoms. The number of benzene rings is 1. The first-order chi connectivity index (χ1) is 8.55. The molecule has 18 heavy (non-hydrogen) atoms. The molecule has 4 nitrogen and oxygen atoms in total. The zero-order valence-corrected chi connectivity index (χ0v) is 11.9. The Bertz CT molecular complexity index is 454. The SMILES string of the molecule is CCN(CCCN)c1ccc(S(=O)(=O)CC)cc1. The molecule has 0 radical (unpaired) electrons. The quantitative estimate of drug-likeness (QED) is 0.818. The molecule has 0 aliphatic carbocycles. The minimum atomic E-state index is -3.10. The van der Waals surface area contributed by atoms with Gasteiger partial charge in [-0.2, -0.15) is 0 Å². The van der Waals surface area contributed by atoms with Crippen molar-refractivity contribution in [2.24, 2.45) is 5.73 Å². The highest BCUT2D eigenvalue weighted by molar-refractivity contribution is 7.91. The first-order valence-electron chi connectivity index (χ1n) is 6.33. The highest BCUT2D eigenvalue weighted by atomic mass is 32.2. The van der Waals surface area contributed by atoms with E-state index in [1.807, 2.05) is 12.1 Å². The Morgan fingerprint density at radius 3 is 2.22 bits per heavy atom. The summed E-state index contributed by atoms with van der Waals surface area (Å²) in [6, 6.07) is 7.09. The van der Waals surface area contributed by atoms with E-state index >= 15 is 0 Å². The van der Waals surface area contributed by atoms with Crippen LogP contribution in [0.1, 0.15) is 20.3 Å². The van der Waals surface area contributed by atoms with Crippen molar-refractivity contribution >= 4 is 15.5 Å². The van der Waals surface area contributed by atoms with E-state index in [4.69, 9.17) is 5.73 Å². The summed E-state index contributed by atoms with van der Waals surface area (Å²) in [5.41, 5.74) is 6.55. The molecule has 0 unspecified atom stereocenters. The summed E-state index contributed by atoms with van der Waals surface area (Å²) in [6.07, 6.45) is 0.933. The lowest BCUT2D eigenvalue weighted by Gasteiger charge is -2.23. The smallest absolute Gasteiger partial charge is 0.178 e. The van der Waals surface area contributed by atoms with Crippen molar-refractivity contribution < 1.29 is 8.42 Å². The zero-order valence-electron chi connectivity index (χ0n) is 11.1. The average Bonchev–Trinajstić information content (AvgIpc) is 2.40. The fourth-order valence-electron chi connectivity index (χ4n) is 1.78. The standard InChI is InChI=1S/C13H22N2O2S/c1-3-15(11-5-10-14)12-6-8-13(9-7-12)18(16,17)4-2/h6-9H,3-5,10-11,14H2,1-2H3. The van der Waals surface area contributed by atoms with Crippen LogP contribution in [-0.2, 0) is 9.84 Å². The lowest BCUT2D eigenvalue weighted by Crippen LogP contribution is -2.25. The molecule has 0 aliphatic rings. The van der Waals surface area contributed by atoms with Gasteiger partial charge in [-0.25, -0.2) is 8.42 Å². The molecule has 1 aromatic carbocycles. The Morgan fingerprint density at radius 2 is 1.78 bits per heavy atom. The predicted molar refractivity (Wildman–Crippen MR) is 75.7 cm³/mol. The summed E-state index contributed by atoms with van der Waals surface area (Å²) in [5.74, 6) is 0.136. The maximum absolute atomic E-state index is 11.7. The maximum Gasteiger partial charge on any atom is 0.178 e. The molecular formula is C13H22N2O2S. The third-order valence-electron chi connectivity index (χ3n) is 2.95. The molecule has 1 rings (SSSR count). The largest absolute Gasteiger partial charge is 0.372 e. The Morgan fingerprint density at radius 1 is 1.17 bits per heavy atom. The molecule has 0 saturated heterocycles. The third-order valence-corrected chi connectivity index (χ3v) is 4.71. The number of nitrogens with zero attached hydrogens (tertiary/aromatic N) is 1. The Kier molecular flexibility index (Phi) is 5.62. The Labute approximate surface area is 110 Å². The summed E-state index contributed by atoms with van der Waals surface area (Å²) in [5, 5.41) is 0. The van der Waals surface area contributed by atoms with Gasteiger partial charge in [0, 0.05) is 18.8 Å². The minimum Gasteiger partial charge on any atom is -0.372 e. The van der Waals surface area contributed by atoms with Gasteiger partial charge in [-0.3, -0.25) is 0 Å². The van der Waals surface area contributed by atoms with E-state index in [0.717, 1.165) is 25.2 Å². The first-order valence-corrected chi connectivity index (χ1v) is 7.98. The first kappa shape index (κ1) is 15.0. The van der Waals surface area contributed by atoms with Gasteiger partial charge < -0.3 is 10.6 Å². The number of nitrogens with two attached hydrogens (primary N) is 1. The molecule has 0 saturated carbocycles. The van der Waals surface area contributed by atoms with Crippen LogP contribution in [-0.4, -0.2) is 33.8 Å². The lowest BCUT2D eigenvalue weighted by atomic mass is 10.2. The van der Waals surface area contributed by atoms with E-state index in [1.54, 1.807) is 19.1 Å². The van der Waals surface area contributed by atoms with Gasteiger partial charge in [0.1, 0.15) is 0 Å². The van der Waals surface area contributed by atoms with Crippen LogP contribution in [0.3, 0.4) is 0 Å². The number of hydrogen-bond donors (Lipinski definition) is 1. The van der Waals surface area contributed by atoms with Crippen molar-refractivity contribution in [2.75, 3.05) is 30.3 Å².